The molecule has 1 aromatic carbocycles. The van der Waals surface area contributed by atoms with E-state index in [4.69, 9.17) is 4.74 Å². The van der Waals surface area contributed by atoms with Crippen molar-refractivity contribution in [2.24, 2.45) is 0 Å². The fourth-order valence-corrected chi connectivity index (χ4v) is 2.35. The zero-order valence-electron chi connectivity index (χ0n) is 11.9. The number of nitrogens with one attached hydrogen (secondary N) is 1. The summed E-state index contributed by atoms with van der Waals surface area (Å²) in [6.45, 7) is 1.89. The zero-order valence-corrected chi connectivity index (χ0v) is 11.9. The molecule has 2 atom stereocenters. The topological polar surface area (TPSA) is 24.5 Å². The maximum Gasteiger partial charge on any atom is 0.110 e. The van der Waals surface area contributed by atoms with Crippen LogP contribution in [0.2, 0.25) is 0 Å². The molecule has 0 spiro atoms. The van der Waals surface area contributed by atoms with Gasteiger partial charge < -0.3 is 15.0 Å². The first-order valence-corrected chi connectivity index (χ1v) is 6.99. The minimum Gasteiger partial charge on any atom is -0.497 e. The van der Waals surface area contributed by atoms with Crippen molar-refractivity contribution in [3.05, 3.63) is 48.2 Å². The van der Waals surface area contributed by atoms with Crippen LogP contribution in [-0.2, 0) is 4.74 Å². The van der Waals surface area contributed by atoms with E-state index in [9.17, 15) is 0 Å². The fraction of sp³-hybridized carbons (Fsp3) is 0.500. The lowest BCUT2D eigenvalue weighted by molar-refractivity contribution is 0.117. The van der Waals surface area contributed by atoms with Crippen LogP contribution < -0.4 is 5.32 Å². The highest BCUT2D eigenvalue weighted by Gasteiger charge is 2.16. The van der Waals surface area contributed by atoms with Crippen LogP contribution in [0.25, 0.3) is 0 Å². The van der Waals surface area contributed by atoms with Gasteiger partial charge in [-0.1, -0.05) is 30.3 Å². The minimum atomic E-state index is 0.304. The summed E-state index contributed by atoms with van der Waals surface area (Å²) in [5.41, 5.74) is 1.34. The highest BCUT2D eigenvalue weighted by molar-refractivity contribution is 5.19. The molecule has 0 saturated carbocycles. The summed E-state index contributed by atoms with van der Waals surface area (Å²) in [5, 5.41) is 3.64. The Morgan fingerprint density at radius 2 is 2.11 bits per heavy atom. The number of allylic oxidation sites excluding steroid dienone is 1. The van der Waals surface area contributed by atoms with E-state index in [-0.39, 0.29) is 0 Å². The van der Waals surface area contributed by atoms with Crippen LogP contribution in [0.15, 0.2) is 42.7 Å². The third kappa shape index (κ3) is 4.69. The largest absolute Gasteiger partial charge is 0.497 e. The second-order valence-electron chi connectivity index (χ2n) is 5.34. The molecule has 19 heavy (non-hydrogen) atoms. The summed E-state index contributed by atoms with van der Waals surface area (Å²) in [7, 11) is 4.22. The molecule has 2 unspecified atom stereocenters. The summed E-state index contributed by atoms with van der Waals surface area (Å²) >= 11 is 0. The van der Waals surface area contributed by atoms with Crippen LogP contribution in [0.5, 0.6) is 0 Å². The molecule has 0 saturated heterocycles. The lowest BCUT2D eigenvalue weighted by Crippen LogP contribution is -2.36. The van der Waals surface area contributed by atoms with Crippen LogP contribution in [0.4, 0.5) is 0 Å². The molecule has 1 heterocycles. The Morgan fingerprint density at radius 1 is 1.32 bits per heavy atom. The maximum absolute atomic E-state index is 5.61. The van der Waals surface area contributed by atoms with E-state index in [1.807, 2.05) is 6.26 Å². The molecule has 3 heteroatoms. The second kappa shape index (κ2) is 7.31. The Labute approximate surface area is 116 Å². The minimum absolute atomic E-state index is 0.304. The average molecular weight is 260 g/mol. The molecular weight excluding hydrogens is 236 g/mol. The normalized spacial score (nSPS) is 20.3. The van der Waals surface area contributed by atoms with E-state index < -0.39 is 0 Å². The van der Waals surface area contributed by atoms with Gasteiger partial charge in [-0.2, -0.15) is 0 Å². The van der Waals surface area contributed by atoms with Crippen LogP contribution in [0.3, 0.4) is 0 Å². The number of hydrogen-bond donors (Lipinski definition) is 1. The first-order valence-electron chi connectivity index (χ1n) is 6.99. The molecule has 104 valence electrons. The monoisotopic (exact) mass is 260 g/mol. The smallest absolute Gasteiger partial charge is 0.110 e. The van der Waals surface area contributed by atoms with Crippen molar-refractivity contribution in [3.8, 4) is 0 Å². The predicted molar refractivity (Wildman–Crippen MR) is 79.0 cm³/mol. The van der Waals surface area contributed by atoms with Crippen molar-refractivity contribution in [1.29, 1.82) is 0 Å². The molecule has 0 amide bonds. The summed E-state index contributed by atoms with van der Waals surface area (Å²) in [4.78, 5) is 2.21. The standard InChI is InChI=1S/C16H24N2O/c1-18(2)13-16(14-8-4-3-5-9-14)17-12-15-10-6-7-11-19-15/h3-5,7-9,11,15-17H,6,10,12-13H2,1-2H3. The van der Waals surface area contributed by atoms with Crippen molar-refractivity contribution in [3.63, 3.8) is 0 Å². The zero-order chi connectivity index (χ0) is 13.5. The van der Waals surface area contributed by atoms with Crippen molar-refractivity contribution >= 4 is 0 Å². The van der Waals surface area contributed by atoms with Gasteiger partial charge in [0.15, 0.2) is 0 Å². The molecule has 1 aliphatic heterocycles. The molecule has 0 aliphatic carbocycles. The molecule has 3 nitrogen and oxygen atoms in total. The highest BCUT2D eigenvalue weighted by Crippen LogP contribution is 2.15. The highest BCUT2D eigenvalue weighted by atomic mass is 16.5. The van der Waals surface area contributed by atoms with E-state index >= 15 is 0 Å². The van der Waals surface area contributed by atoms with Gasteiger partial charge in [0.05, 0.1) is 6.26 Å². The van der Waals surface area contributed by atoms with Gasteiger partial charge in [-0.3, -0.25) is 0 Å². The SMILES string of the molecule is CN(C)CC(NCC1CCC=CO1)c1ccccc1. The molecule has 1 aromatic rings. The molecule has 0 radical (unpaired) electrons. The van der Waals surface area contributed by atoms with Gasteiger partial charge in [-0.25, -0.2) is 0 Å². The lowest BCUT2D eigenvalue weighted by Gasteiger charge is -2.26. The molecular formula is C16H24N2O. The number of nitrogens with zero attached hydrogens (tertiary/aromatic N) is 1. The number of rotatable bonds is 6. The number of likely N-dealkylation sites (N-methyl/N-ethyl adjacent to an activating group) is 1. The van der Waals surface area contributed by atoms with Crippen molar-refractivity contribution in [1.82, 2.24) is 10.2 Å². The number of benzene rings is 1. The van der Waals surface area contributed by atoms with E-state index in [0.717, 1.165) is 25.9 Å². The fourth-order valence-electron chi connectivity index (χ4n) is 2.35. The lowest BCUT2D eigenvalue weighted by atomic mass is 10.1. The van der Waals surface area contributed by atoms with E-state index in [0.29, 0.717) is 12.1 Å². The predicted octanol–water partition coefficient (Wildman–Crippen LogP) is 2.57. The molecule has 0 aromatic heterocycles. The van der Waals surface area contributed by atoms with Gasteiger partial charge in [0.25, 0.3) is 0 Å². The molecule has 0 bridgehead atoms. The quantitative estimate of drug-likeness (QED) is 0.851. The van der Waals surface area contributed by atoms with Crippen LogP contribution in [0, 0.1) is 0 Å². The summed E-state index contributed by atoms with van der Waals surface area (Å²) in [6, 6.07) is 11.0. The first-order chi connectivity index (χ1) is 9.25. The first kappa shape index (κ1) is 14.1. The second-order valence-corrected chi connectivity index (χ2v) is 5.34. The van der Waals surface area contributed by atoms with Crippen LogP contribution in [0.1, 0.15) is 24.4 Å². The summed E-state index contributed by atoms with van der Waals surface area (Å²) in [6.07, 6.45) is 6.45. The van der Waals surface area contributed by atoms with Gasteiger partial charge in [0.2, 0.25) is 0 Å². The third-order valence-corrected chi connectivity index (χ3v) is 3.36. The molecule has 0 fully saturated rings. The summed E-state index contributed by atoms with van der Waals surface area (Å²) < 4.78 is 5.61. The Hall–Kier alpha value is -1.32. The molecule has 1 N–H and O–H groups in total. The Kier molecular flexibility index (Phi) is 5.43. The van der Waals surface area contributed by atoms with E-state index in [1.54, 1.807) is 0 Å². The number of hydrogen-bond acceptors (Lipinski definition) is 3. The van der Waals surface area contributed by atoms with E-state index in [1.165, 1.54) is 5.56 Å². The Bertz CT molecular complexity index is 389. The van der Waals surface area contributed by atoms with Gasteiger partial charge in [-0.05, 0) is 38.6 Å². The average Bonchev–Trinajstić information content (AvgIpc) is 2.45. The van der Waals surface area contributed by atoms with Crippen molar-refractivity contribution < 1.29 is 4.74 Å². The Balaban J connectivity index is 1.92. The van der Waals surface area contributed by atoms with Gasteiger partial charge >= 0.3 is 0 Å². The van der Waals surface area contributed by atoms with Gasteiger partial charge in [0.1, 0.15) is 6.10 Å². The molecule has 2 rings (SSSR count). The van der Waals surface area contributed by atoms with Crippen molar-refractivity contribution in [2.45, 2.75) is 25.0 Å². The van der Waals surface area contributed by atoms with Crippen LogP contribution >= 0.6 is 0 Å². The maximum atomic E-state index is 5.61. The van der Waals surface area contributed by atoms with Gasteiger partial charge in [-0.15, -0.1) is 0 Å². The van der Waals surface area contributed by atoms with Crippen LogP contribution in [-0.4, -0.2) is 38.2 Å². The third-order valence-electron chi connectivity index (χ3n) is 3.36. The van der Waals surface area contributed by atoms with Gasteiger partial charge in [0, 0.05) is 19.1 Å². The number of ether oxygens (including phenoxy) is 1. The van der Waals surface area contributed by atoms with Crippen molar-refractivity contribution in [2.75, 3.05) is 27.2 Å². The Morgan fingerprint density at radius 3 is 2.74 bits per heavy atom. The van der Waals surface area contributed by atoms with E-state index in [2.05, 4.69) is 60.7 Å². The molecule has 1 aliphatic rings. The summed E-state index contributed by atoms with van der Waals surface area (Å²) in [5.74, 6) is 0.